The van der Waals surface area contributed by atoms with Gasteiger partial charge in [-0.15, -0.1) is 10.2 Å². The number of carbonyl (C=O) groups excluding carboxylic acids is 2. The molecule has 0 bridgehead atoms. The van der Waals surface area contributed by atoms with Crippen LogP contribution in [0.2, 0.25) is 0 Å². The summed E-state index contributed by atoms with van der Waals surface area (Å²) in [6.07, 6.45) is 4.94. The number of aromatic nitrogens is 2. The fourth-order valence-corrected chi connectivity index (χ4v) is 4.14. The van der Waals surface area contributed by atoms with Crippen LogP contribution >= 0.6 is 0 Å². The first-order chi connectivity index (χ1) is 12.7. The van der Waals surface area contributed by atoms with Crippen molar-refractivity contribution in [3.63, 3.8) is 0 Å². The maximum Gasteiger partial charge on any atom is 0.286 e. The fraction of sp³-hybridized carbons (Fsp3) is 0.800. The summed E-state index contributed by atoms with van der Waals surface area (Å²) in [5.74, 6) is 0.257. The lowest BCUT2D eigenvalue weighted by atomic mass is 9.97. The summed E-state index contributed by atoms with van der Waals surface area (Å²) in [4.78, 5) is 29.9. The van der Waals surface area contributed by atoms with Gasteiger partial charge in [-0.2, -0.15) is 0 Å². The van der Waals surface area contributed by atoms with E-state index in [0.717, 1.165) is 19.3 Å². The van der Waals surface area contributed by atoms with E-state index in [1.807, 2.05) is 20.8 Å². The molecular formula is C20H32N4O3. The number of rotatable bonds is 4. The summed E-state index contributed by atoms with van der Waals surface area (Å²) >= 11 is 0. The summed E-state index contributed by atoms with van der Waals surface area (Å²) in [6, 6.07) is 0.320. The second-order valence-electron chi connectivity index (χ2n) is 9.07. The normalized spacial score (nSPS) is 27.1. The van der Waals surface area contributed by atoms with Crippen molar-refractivity contribution >= 4 is 11.7 Å². The van der Waals surface area contributed by atoms with Gasteiger partial charge in [0, 0.05) is 24.0 Å². The Morgan fingerprint density at radius 3 is 2.33 bits per heavy atom. The third kappa shape index (κ3) is 4.23. The summed E-state index contributed by atoms with van der Waals surface area (Å²) in [7, 11) is 0. The van der Waals surface area contributed by atoms with Crippen LogP contribution in [0.25, 0.3) is 0 Å². The van der Waals surface area contributed by atoms with Crippen LogP contribution in [0.4, 0.5) is 0 Å². The highest BCUT2D eigenvalue weighted by atomic mass is 16.4. The maximum atomic E-state index is 13.0. The molecule has 7 nitrogen and oxygen atoms in total. The number of Topliss-reactive ketones (excluding diaryl/α,β-unsaturated/α-hetero) is 1. The maximum absolute atomic E-state index is 13.0. The summed E-state index contributed by atoms with van der Waals surface area (Å²) in [6.45, 7) is 11.2. The molecule has 0 saturated carbocycles. The monoisotopic (exact) mass is 376 g/mol. The van der Waals surface area contributed by atoms with Gasteiger partial charge in [-0.05, 0) is 39.5 Å². The van der Waals surface area contributed by atoms with Gasteiger partial charge in [0.2, 0.25) is 17.6 Å². The quantitative estimate of drug-likeness (QED) is 0.752. The van der Waals surface area contributed by atoms with Crippen LogP contribution in [0.15, 0.2) is 4.42 Å². The van der Waals surface area contributed by atoms with E-state index in [-0.39, 0.29) is 23.0 Å². The second-order valence-corrected chi connectivity index (χ2v) is 9.07. The first kappa shape index (κ1) is 20.0. The lowest BCUT2D eigenvalue weighted by Crippen LogP contribution is -2.51. The molecule has 2 fully saturated rings. The number of carbonyl (C=O) groups is 2. The van der Waals surface area contributed by atoms with E-state index in [2.05, 4.69) is 28.9 Å². The van der Waals surface area contributed by atoms with Gasteiger partial charge in [0.05, 0.1) is 6.54 Å². The predicted molar refractivity (Wildman–Crippen MR) is 102 cm³/mol. The molecule has 0 radical (unpaired) electrons. The van der Waals surface area contributed by atoms with Crippen molar-refractivity contribution in [2.75, 3.05) is 13.1 Å². The molecule has 2 aliphatic heterocycles. The number of piperidine rings is 1. The highest BCUT2D eigenvalue weighted by Gasteiger charge is 2.39. The first-order valence-electron chi connectivity index (χ1n) is 10.1. The van der Waals surface area contributed by atoms with Crippen molar-refractivity contribution in [1.29, 1.82) is 0 Å². The van der Waals surface area contributed by atoms with Crippen molar-refractivity contribution in [3.8, 4) is 0 Å². The Labute approximate surface area is 161 Å². The molecule has 1 aromatic heterocycles. The molecule has 3 rings (SSSR count). The molecule has 7 heteroatoms. The van der Waals surface area contributed by atoms with Crippen LogP contribution in [0.1, 0.15) is 83.3 Å². The van der Waals surface area contributed by atoms with Crippen molar-refractivity contribution in [1.82, 2.24) is 20.0 Å². The van der Waals surface area contributed by atoms with Gasteiger partial charge in [0.25, 0.3) is 5.89 Å². The topological polar surface area (TPSA) is 79.5 Å². The zero-order chi connectivity index (χ0) is 19.8. The van der Waals surface area contributed by atoms with Gasteiger partial charge in [0.1, 0.15) is 6.04 Å². The van der Waals surface area contributed by atoms with Crippen LogP contribution in [-0.4, -0.2) is 62.9 Å². The Kier molecular flexibility index (Phi) is 5.70. The molecule has 3 atom stereocenters. The molecule has 27 heavy (non-hydrogen) atoms. The summed E-state index contributed by atoms with van der Waals surface area (Å²) in [5.41, 5.74) is -0.308. The summed E-state index contributed by atoms with van der Waals surface area (Å²) in [5, 5.41) is 7.96. The zero-order valence-corrected chi connectivity index (χ0v) is 17.2. The number of likely N-dealkylation sites (tertiary alicyclic amines) is 2. The number of hydrogen-bond donors (Lipinski definition) is 0. The molecule has 1 aromatic rings. The number of amides is 1. The lowest BCUT2D eigenvalue weighted by Gasteiger charge is -2.39. The van der Waals surface area contributed by atoms with E-state index in [0.29, 0.717) is 37.5 Å². The minimum absolute atomic E-state index is 0.0179. The first-order valence-corrected chi connectivity index (χ1v) is 10.1. The van der Waals surface area contributed by atoms with Gasteiger partial charge in [-0.1, -0.05) is 27.2 Å². The van der Waals surface area contributed by atoms with E-state index < -0.39 is 6.04 Å². The minimum atomic E-state index is -0.485. The fourth-order valence-electron chi connectivity index (χ4n) is 4.14. The van der Waals surface area contributed by atoms with Crippen molar-refractivity contribution < 1.29 is 14.0 Å². The molecule has 1 amide bonds. The average Bonchev–Trinajstić information content (AvgIpc) is 3.26. The lowest BCUT2D eigenvalue weighted by molar-refractivity contribution is -0.134. The van der Waals surface area contributed by atoms with Crippen molar-refractivity contribution in [3.05, 3.63) is 11.8 Å². The van der Waals surface area contributed by atoms with E-state index in [9.17, 15) is 9.59 Å². The number of nitrogens with zero attached hydrogens (tertiary/aromatic N) is 4. The Hall–Kier alpha value is -1.76. The Balaban J connectivity index is 1.70. The molecule has 0 spiro atoms. The molecule has 2 saturated heterocycles. The van der Waals surface area contributed by atoms with Gasteiger partial charge < -0.3 is 9.32 Å². The SMILES string of the molecule is CC1CCCC(C)N1CC(=O)N1CCCC1C(=O)c1nnc(C(C)(C)C)o1. The van der Waals surface area contributed by atoms with Crippen LogP contribution < -0.4 is 0 Å². The van der Waals surface area contributed by atoms with Crippen molar-refractivity contribution in [2.45, 2.75) is 90.3 Å². The standard InChI is InChI=1S/C20H32N4O3/c1-13-8-6-9-14(2)24(13)12-16(25)23-11-7-10-15(23)17(26)18-21-22-19(27-18)20(3,4)5/h13-15H,6-12H2,1-5H3. The molecule has 0 aliphatic carbocycles. The third-order valence-electron chi connectivity index (χ3n) is 5.85. The van der Waals surface area contributed by atoms with Gasteiger partial charge in [0.15, 0.2) is 0 Å². The largest absolute Gasteiger partial charge is 0.418 e. The Morgan fingerprint density at radius 1 is 1.07 bits per heavy atom. The molecule has 3 unspecified atom stereocenters. The van der Waals surface area contributed by atoms with Crippen LogP contribution in [-0.2, 0) is 10.2 Å². The highest BCUT2D eigenvalue weighted by molar-refractivity contribution is 5.98. The minimum Gasteiger partial charge on any atom is -0.418 e. The second kappa shape index (κ2) is 7.70. The Bertz CT molecular complexity index is 684. The molecule has 0 N–H and O–H groups in total. The molecule has 0 aromatic carbocycles. The van der Waals surface area contributed by atoms with Gasteiger partial charge >= 0.3 is 0 Å². The van der Waals surface area contributed by atoms with Crippen LogP contribution in [0.5, 0.6) is 0 Å². The number of hydrogen-bond acceptors (Lipinski definition) is 6. The van der Waals surface area contributed by atoms with Crippen LogP contribution in [0, 0.1) is 0 Å². The molecule has 3 heterocycles. The third-order valence-corrected chi connectivity index (χ3v) is 5.85. The molecule has 150 valence electrons. The van der Waals surface area contributed by atoms with E-state index in [1.54, 1.807) is 4.90 Å². The van der Waals surface area contributed by atoms with Gasteiger partial charge in [-0.3, -0.25) is 14.5 Å². The van der Waals surface area contributed by atoms with E-state index in [1.165, 1.54) is 6.42 Å². The smallest absolute Gasteiger partial charge is 0.286 e. The summed E-state index contributed by atoms with van der Waals surface area (Å²) < 4.78 is 5.61. The van der Waals surface area contributed by atoms with E-state index >= 15 is 0 Å². The predicted octanol–water partition coefficient (Wildman–Crippen LogP) is 2.80. The highest BCUT2D eigenvalue weighted by Crippen LogP contribution is 2.26. The molecular weight excluding hydrogens is 344 g/mol. The average molecular weight is 377 g/mol. The Morgan fingerprint density at radius 2 is 1.74 bits per heavy atom. The van der Waals surface area contributed by atoms with Gasteiger partial charge in [-0.25, -0.2) is 0 Å². The molecule has 2 aliphatic rings. The van der Waals surface area contributed by atoms with Crippen molar-refractivity contribution in [2.24, 2.45) is 0 Å². The zero-order valence-electron chi connectivity index (χ0n) is 17.2. The number of ketones is 1. The van der Waals surface area contributed by atoms with Crippen LogP contribution in [0.3, 0.4) is 0 Å². The van der Waals surface area contributed by atoms with E-state index in [4.69, 9.17) is 4.42 Å².